The van der Waals surface area contributed by atoms with E-state index in [-0.39, 0.29) is 0 Å². The van der Waals surface area contributed by atoms with Crippen molar-refractivity contribution >= 4 is 22.7 Å². The van der Waals surface area contributed by atoms with E-state index < -0.39 is 0 Å². The molecule has 1 saturated heterocycles. The first-order valence-electron chi connectivity index (χ1n) is 7.86. The zero-order chi connectivity index (χ0) is 15.8. The fourth-order valence-electron chi connectivity index (χ4n) is 3.08. The monoisotopic (exact) mass is 308 g/mol. The maximum absolute atomic E-state index is 6.08. The second-order valence-electron chi connectivity index (χ2n) is 6.02. The van der Waals surface area contributed by atoms with Crippen molar-refractivity contribution in [2.75, 3.05) is 43.9 Å². The number of fused-ring (bicyclic) bond motifs is 1. The third-order valence-corrected chi connectivity index (χ3v) is 4.45. The predicted octanol–water partition coefficient (Wildman–Crippen LogP) is 1.96. The molecular formula is C17H20N6. The number of nitrogens with zero attached hydrogens (tertiary/aromatic N) is 4. The summed E-state index contributed by atoms with van der Waals surface area (Å²) in [4.78, 5) is 9.37. The number of benzene rings is 1. The first-order chi connectivity index (χ1) is 11.2. The minimum atomic E-state index is 0.566. The quantitative estimate of drug-likeness (QED) is 0.757. The number of likely N-dealkylation sites (N-methyl/N-ethyl adjacent to an activating group) is 1. The summed E-state index contributed by atoms with van der Waals surface area (Å²) in [5, 5.41) is 8.04. The number of aromatic amines is 1. The summed E-state index contributed by atoms with van der Waals surface area (Å²) < 4.78 is 0. The van der Waals surface area contributed by atoms with Crippen molar-refractivity contribution in [1.82, 2.24) is 20.1 Å². The van der Waals surface area contributed by atoms with Crippen LogP contribution in [0.1, 0.15) is 0 Å². The molecule has 3 heterocycles. The van der Waals surface area contributed by atoms with Crippen LogP contribution in [0.3, 0.4) is 0 Å². The smallest absolute Gasteiger partial charge is 0.185 e. The molecular weight excluding hydrogens is 288 g/mol. The van der Waals surface area contributed by atoms with Gasteiger partial charge in [0.15, 0.2) is 5.65 Å². The van der Waals surface area contributed by atoms with E-state index in [2.05, 4.69) is 45.2 Å². The first kappa shape index (κ1) is 14.0. The topological polar surface area (TPSA) is 74.1 Å². The van der Waals surface area contributed by atoms with E-state index in [1.165, 1.54) is 0 Å². The molecule has 1 aromatic carbocycles. The van der Waals surface area contributed by atoms with Gasteiger partial charge in [-0.05, 0) is 18.7 Å². The molecule has 23 heavy (non-hydrogen) atoms. The average Bonchev–Trinajstić information content (AvgIpc) is 2.97. The largest absolute Gasteiger partial charge is 0.383 e. The van der Waals surface area contributed by atoms with Crippen molar-refractivity contribution in [2.24, 2.45) is 0 Å². The van der Waals surface area contributed by atoms with Crippen LogP contribution in [0.25, 0.3) is 22.2 Å². The van der Waals surface area contributed by atoms with E-state index >= 15 is 0 Å². The van der Waals surface area contributed by atoms with Crippen molar-refractivity contribution in [3.8, 4) is 11.1 Å². The number of H-pyrrole nitrogens is 1. The maximum Gasteiger partial charge on any atom is 0.185 e. The lowest BCUT2D eigenvalue weighted by Gasteiger charge is -2.33. The molecule has 1 aliphatic rings. The summed E-state index contributed by atoms with van der Waals surface area (Å²) in [5.41, 5.74) is 8.97. The molecule has 6 nitrogen and oxygen atoms in total. The van der Waals surface area contributed by atoms with E-state index in [9.17, 15) is 0 Å². The van der Waals surface area contributed by atoms with Crippen LogP contribution in [0.2, 0.25) is 0 Å². The second-order valence-corrected chi connectivity index (χ2v) is 6.02. The lowest BCUT2D eigenvalue weighted by atomic mass is 10.0. The van der Waals surface area contributed by atoms with Crippen molar-refractivity contribution in [1.29, 1.82) is 0 Å². The Labute approximate surface area is 134 Å². The molecule has 0 spiro atoms. The number of nitrogens with one attached hydrogen (secondary N) is 1. The number of nitrogens with two attached hydrogens (primary N) is 1. The van der Waals surface area contributed by atoms with Crippen LogP contribution in [-0.2, 0) is 0 Å². The highest BCUT2D eigenvalue weighted by Gasteiger charge is 2.19. The Balaban J connectivity index is 1.85. The number of nitrogen functional groups attached to an aromatic ring is 1. The number of rotatable bonds is 2. The Morgan fingerprint density at radius 2 is 1.83 bits per heavy atom. The van der Waals surface area contributed by atoms with Gasteiger partial charge in [-0.3, -0.25) is 5.10 Å². The number of hydrogen-bond acceptors (Lipinski definition) is 5. The Morgan fingerprint density at radius 3 is 2.57 bits per heavy atom. The van der Waals surface area contributed by atoms with Crippen molar-refractivity contribution in [3.63, 3.8) is 0 Å². The highest BCUT2D eigenvalue weighted by molar-refractivity contribution is 6.01. The summed E-state index contributed by atoms with van der Waals surface area (Å²) in [5.74, 6) is 1.53. The van der Waals surface area contributed by atoms with Gasteiger partial charge in [-0.2, -0.15) is 5.10 Å². The maximum atomic E-state index is 6.08. The lowest BCUT2D eigenvalue weighted by Crippen LogP contribution is -2.44. The number of anilines is 2. The van der Waals surface area contributed by atoms with Gasteiger partial charge in [-0.1, -0.05) is 30.3 Å². The van der Waals surface area contributed by atoms with Crippen molar-refractivity contribution in [3.05, 3.63) is 36.4 Å². The average molecular weight is 308 g/mol. The number of piperazine rings is 1. The molecule has 118 valence electrons. The van der Waals surface area contributed by atoms with Crippen LogP contribution >= 0.6 is 0 Å². The molecule has 1 aliphatic heterocycles. The fourth-order valence-corrected chi connectivity index (χ4v) is 3.08. The zero-order valence-corrected chi connectivity index (χ0v) is 13.2. The van der Waals surface area contributed by atoms with Crippen LogP contribution in [0, 0.1) is 0 Å². The molecule has 0 amide bonds. The van der Waals surface area contributed by atoms with E-state index in [4.69, 9.17) is 10.7 Å². The van der Waals surface area contributed by atoms with Gasteiger partial charge in [-0.25, -0.2) is 4.98 Å². The fraction of sp³-hybridized carbons (Fsp3) is 0.294. The van der Waals surface area contributed by atoms with Gasteiger partial charge in [0, 0.05) is 31.7 Å². The molecule has 1 fully saturated rings. The van der Waals surface area contributed by atoms with E-state index in [1.54, 1.807) is 0 Å². The van der Waals surface area contributed by atoms with Crippen LogP contribution in [-0.4, -0.2) is 53.3 Å². The van der Waals surface area contributed by atoms with Gasteiger partial charge >= 0.3 is 0 Å². The Kier molecular flexibility index (Phi) is 3.38. The lowest BCUT2D eigenvalue weighted by molar-refractivity contribution is 0.312. The molecule has 0 aliphatic carbocycles. The minimum Gasteiger partial charge on any atom is -0.383 e. The van der Waals surface area contributed by atoms with Gasteiger partial charge in [0.2, 0.25) is 0 Å². The van der Waals surface area contributed by atoms with E-state index in [0.717, 1.165) is 48.5 Å². The third-order valence-electron chi connectivity index (χ3n) is 4.45. The summed E-state index contributed by atoms with van der Waals surface area (Å²) in [7, 11) is 2.15. The standard InChI is InChI=1S/C17H20N6/c1-22-7-9-23(10-8-22)14-11-13(12-5-3-2-4-6-12)15-16(18)20-21-17(15)19-14/h2-6,11H,7-10H2,1H3,(H3,18,19,20,21). The van der Waals surface area contributed by atoms with E-state index in [1.807, 2.05) is 18.2 Å². The van der Waals surface area contributed by atoms with Gasteiger partial charge in [0.05, 0.1) is 5.39 Å². The first-order valence-corrected chi connectivity index (χ1v) is 7.86. The Hall–Kier alpha value is -2.60. The SMILES string of the molecule is CN1CCN(c2cc(-c3ccccc3)c3c(N)[nH]nc3n2)CC1. The molecule has 6 heteroatoms. The molecule has 0 saturated carbocycles. The number of aromatic nitrogens is 3. The van der Waals surface area contributed by atoms with Gasteiger partial charge in [-0.15, -0.1) is 0 Å². The van der Waals surface area contributed by atoms with Crippen LogP contribution < -0.4 is 10.6 Å². The molecule has 0 atom stereocenters. The van der Waals surface area contributed by atoms with Gasteiger partial charge < -0.3 is 15.5 Å². The molecule has 3 aromatic rings. The minimum absolute atomic E-state index is 0.566. The van der Waals surface area contributed by atoms with Crippen LogP contribution in [0.4, 0.5) is 11.6 Å². The molecule has 0 bridgehead atoms. The van der Waals surface area contributed by atoms with Crippen LogP contribution in [0.5, 0.6) is 0 Å². The van der Waals surface area contributed by atoms with E-state index in [0.29, 0.717) is 11.5 Å². The van der Waals surface area contributed by atoms with Gasteiger partial charge in [0.25, 0.3) is 0 Å². The van der Waals surface area contributed by atoms with Crippen molar-refractivity contribution < 1.29 is 0 Å². The van der Waals surface area contributed by atoms with Gasteiger partial charge in [0.1, 0.15) is 11.6 Å². The predicted molar refractivity (Wildman–Crippen MR) is 93.4 cm³/mol. The Bertz CT molecular complexity index is 818. The summed E-state index contributed by atoms with van der Waals surface area (Å²) in [6.45, 7) is 4.04. The number of pyridine rings is 1. The zero-order valence-electron chi connectivity index (χ0n) is 13.2. The normalized spacial score (nSPS) is 16.1. The molecule has 3 N–H and O–H groups in total. The summed E-state index contributed by atoms with van der Waals surface area (Å²) in [6.07, 6.45) is 0. The molecule has 2 aromatic heterocycles. The second kappa shape index (κ2) is 5.55. The van der Waals surface area contributed by atoms with Crippen LogP contribution in [0.15, 0.2) is 36.4 Å². The summed E-state index contributed by atoms with van der Waals surface area (Å²) in [6, 6.07) is 12.4. The Morgan fingerprint density at radius 1 is 1.09 bits per heavy atom. The molecule has 0 radical (unpaired) electrons. The molecule has 0 unspecified atom stereocenters. The van der Waals surface area contributed by atoms with Crippen molar-refractivity contribution in [2.45, 2.75) is 0 Å². The highest BCUT2D eigenvalue weighted by atomic mass is 15.3. The molecule has 4 rings (SSSR count). The third kappa shape index (κ3) is 2.51. The highest BCUT2D eigenvalue weighted by Crippen LogP contribution is 2.33. The number of hydrogen-bond donors (Lipinski definition) is 2. The summed E-state index contributed by atoms with van der Waals surface area (Å²) >= 11 is 0.